The van der Waals surface area contributed by atoms with Crippen molar-refractivity contribution in [1.82, 2.24) is 10.3 Å². The summed E-state index contributed by atoms with van der Waals surface area (Å²) in [6.45, 7) is 2.65. The standard InChI is InChI=1S/C9H11ClN2O/c1-2-5-12-9(13)7-4-3-6-11-8(7)10/h3-4,6H,2,5H2,1H3,(H,12,13). The number of carbonyl (C=O) groups excluding carboxylic acids is 1. The van der Waals surface area contributed by atoms with Gasteiger partial charge < -0.3 is 5.32 Å². The highest BCUT2D eigenvalue weighted by molar-refractivity contribution is 6.32. The Balaban J connectivity index is 2.71. The number of halogens is 1. The summed E-state index contributed by atoms with van der Waals surface area (Å²) in [4.78, 5) is 15.2. The quantitative estimate of drug-likeness (QED) is 0.754. The highest BCUT2D eigenvalue weighted by Gasteiger charge is 2.08. The number of carbonyl (C=O) groups is 1. The van der Waals surface area contributed by atoms with Crippen LogP contribution in [0.3, 0.4) is 0 Å². The molecule has 0 aliphatic heterocycles. The van der Waals surface area contributed by atoms with Crippen LogP contribution in [0.2, 0.25) is 5.15 Å². The predicted molar refractivity (Wildman–Crippen MR) is 51.9 cm³/mol. The fourth-order valence-corrected chi connectivity index (χ4v) is 1.09. The third-order valence-corrected chi connectivity index (χ3v) is 1.84. The summed E-state index contributed by atoms with van der Waals surface area (Å²) in [7, 11) is 0. The van der Waals surface area contributed by atoms with Crippen molar-refractivity contribution in [2.24, 2.45) is 0 Å². The molecule has 0 bridgehead atoms. The Bertz CT molecular complexity index is 301. The summed E-state index contributed by atoms with van der Waals surface area (Å²) < 4.78 is 0. The molecule has 4 heteroatoms. The third kappa shape index (κ3) is 2.70. The fraction of sp³-hybridized carbons (Fsp3) is 0.333. The molecule has 0 radical (unpaired) electrons. The van der Waals surface area contributed by atoms with Crippen molar-refractivity contribution in [3.8, 4) is 0 Å². The molecule has 1 N–H and O–H groups in total. The lowest BCUT2D eigenvalue weighted by Crippen LogP contribution is -2.24. The topological polar surface area (TPSA) is 42.0 Å². The SMILES string of the molecule is CCCNC(=O)c1cccnc1Cl. The second-order valence-electron chi connectivity index (χ2n) is 2.60. The Kier molecular flexibility index (Phi) is 3.71. The van der Waals surface area contributed by atoms with Crippen LogP contribution in [0.25, 0.3) is 0 Å². The van der Waals surface area contributed by atoms with E-state index < -0.39 is 0 Å². The molecule has 1 amide bonds. The fourth-order valence-electron chi connectivity index (χ4n) is 0.889. The molecule has 0 aliphatic carbocycles. The zero-order valence-corrected chi connectivity index (χ0v) is 8.14. The van der Waals surface area contributed by atoms with Gasteiger partial charge in [0.1, 0.15) is 5.15 Å². The van der Waals surface area contributed by atoms with Crippen LogP contribution in [0.4, 0.5) is 0 Å². The summed E-state index contributed by atoms with van der Waals surface area (Å²) in [6.07, 6.45) is 2.46. The largest absolute Gasteiger partial charge is 0.352 e. The van der Waals surface area contributed by atoms with Gasteiger partial charge in [-0.25, -0.2) is 4.98 Å². The first-order valence-corrected chi connectivity index (χ1v) is 4.52. The third-order valence-electron chi connectivity index (χ3n) is 1.54. The molecule has 0 spiro atoms. The molecular weight excluding hydrogens is 188 g/mol. The normalized spacial score (nSPS) is 9.69. The van der Waals surface area contributed by atoms with E-state index >= 15 is 0 Å². The van der Waals surface area contributed by atoms with Crippen molar-refractivity contribution in [2.45, 2.75) is 13.3 Å². The van der Waals surface area contributed by atoms with Crippen molar-refractivity contribution < 1.29 is 4.79 Å². The molecule has 0 fully saturated rings. The van der Waals surface area contributed by atoms with Crippen molar-refractivity contribution in [3.05, 3.63) is 29.0 Å². The van der Waals surface area contributed by atoms with E-state index in [4.69, 9.17) is 11.6 Å². The van der Waals surface area contributed by atoms with Crippen LogP contribution >= 0.6 is 11.6 Å². The predicted octanol–water partition coefficient (Wildman–Crippen LogP) is 1.87. The Morgan fingerprint density at radius 3 is 3.08 bits per heavy atom. The van der Waals surface area contributed by atoms with E-state index in [1.54, 1.807) is 18.3 Å². The van der Waals surface area contributed by atoms with Crippen LogP contribution in [0.5, 0.6) is 0 Å². The second kappa shape index (κ2) is 4.82. The van der Waals surface area contributed by atoms with Gasteiger partial charge in [-0.05, 0) is 18.6 Å². The summed E-state index contributed by atoms with van der Waals surface area (Å²) >= 11 is 5.73. The highest BCUT2D eigenvalue weighted by atomic mass is 35.5. The average Bonchev–Trinajstić information content (AvgIpc) is 2.15. The van der Waals surface area contributed by atoms with E-state index in [1.807, 2.05) is 6.92 Å². The number of amides is 1. The second-order valence-corrected chi connectivity index (χ2v) is 2.96. The number of nitrogens with zero attached hydrogens (tertiary/aromatic N) is 1. The van der Waals surface area contributed by atoms with Gasteiger partial charge in [0.2, 0.25) is 0 Å². The number of pyridine rings is 1. The summed E-state index contributed by atoms with van der Waals surface area (Å²) in [5.41, 5.74) is 0.428. The van der Waals surface area contributed by atoms with Gasteiger partial charge in [0, 0.05) is 12.7 Å². The van der Waals surface area contributed by atoms with Gasteiger partial charge in [0.15, 0.2) is 0 Å². The molecule has 1 aromatic heterocycles. The van der Waals surface area contributed by atoms with E-state index in [9.17, 15) is 4.79 Å². The molecule has 1 heterocycles. The molecule has 0 aliphatic rings. The van der Waals surface area contributed by atoms with Gasteiger partial charge in [0.05, 0.1) is 5.56 Å². The summed E-state index contributed by atoms with van der Waals surface area (Å²) in [5.74, 6) is -0.167. The van der Waals surface area contributed by atoms with Crippen molar-refractivity contribution in [2.75, 3.05) is 6.54 Å². The molecule has 70 valence electrons. The maximum atomic E-state index is 11.4. The van der Waals surface area contributed by atoms with Crippen molar-refractivity contribution >= 4 is 17.5 Å². The van der Waals surface area contributed by atoms with Crippen molar-refractivity contribution in [3.63, 3.8) is 0 Å². The number of hydrogen-bond acceptors (Lipinski definition) is 2. The molecular formula is C9H11ClN2O. The molecule has 0 saturated carbocycles. The van der Waals surface area contributed by atoms with Gasteiger partial charge in [0.25, 0.3) is 5.91 Å². The summed E-state index contributed by atoms with van der Waals surface area (Å²) in [5, 5.41) is 2.97. The van der Waals surface area contributed by atoms with Crippen LogP contribution < -0.4 is 5.32 Å². The van der Waals surface area contributed by atoms with E-state index in [2.05, 4.69) is 10.3 Å². The lowest BCUT2D eigenvalue weighted by Gasteiger charge is -2.03. The van der Waals surface area contributed by atoms with Gasteiger partial charge in [-0.3, -0.25) is 4.79 Å². The van der Waals surface area contributed by atoms with Crippen LogP contribution in [0.15, 0.2) is 18.3 Å². The average molecular weight is 199 g/mol. The number of nitrogens with one attached hydrogen (secondary N) is 1. The van der Waals surface area contributed by atoms with E-state index in [0.717, 1.165) is 6.42 Å². The Hall–Kier alpha value is -1.09. The first kappa shape index (κ1) is 9.99. The van der Waals surface area contributed by atoms with Crippen LogP contribution in [-0.2, 0) is 0 Å². The zero-order valence-electron chi connectivity index (χ0n) is 7.38. The minimum absolute atomic E-state index is 0.167. The first-order valence-electron chi connectivity index (χ1n) is 4.14. The monoisotopic (exact) mass is 198 g/mol. The molecule has 3 nitrogen and oxygen atoms in total. The minimum Gasteiger partial charge on any atom is -0.352 e. The van der Waals surface area contributed by atoms with Crippen LogP contribution in [0, 0.1) is 0 Å². The summed E-state index contributed by atoms with van der Waals surface area (Å²) in [6, 6.07) is 3.34. The van der Waals surface area contributed by atoms with Gasteiger partial charge in [-0.15, -0.1) is 0 Å². The van der Waals surface area contributed by atoms with Crippen LogP contribution in [0.1, 0.15) is 23.7 Å². The Morgan fingerprint density at radius 2 is 2.46 bits per heavy atom. The molecule has 0 unspecified atom stereocenters. The lowest BCUT2D eigenvalue weighted by molar-refractivity contribution is 0.0953. The Morgan fingerprint density at radius 1 is 1.69 bits per heavy atom. The van der Waals surface area contributed by atoms with E-state index in [0.29, 0.717) is 12.1 Å². The zero-order chi connectivity index (χ0) is 9.68. The number of rotatable bonds is 3. The van der Waals surface area contributed by atoms with Crippen LogP contribution in [-0.4, -0.2) is 17.4 Å². The molecule has 0 atom stereocenters. The smallest absolute Gasteiger partial charge is 0.254 e. The molecule has 0 aromatic carbocycles. The highest BCUT2D eigenvalue weighted by Crippen LogP contribution is 2.10. The lowest BCUT2D eigenvalue weighted by atomic mass is 10.2. The minimum atomic E-state index is -0.167. The van der Waals surface area contributed by atoms with Crippen molar-refractivity contribution in [1.29, 1.82) is 0 Å². The maximum Gasteiger partial charge on any atom is 0.254 e. The number of hydrogen-bond donors (Lipinski definition) is 1. The number of aromatic nitrogens is 1. The molecule has 1 aromatic rings. The Labute approximate surface area is 82.1 Å². The van der Waals surface area contributed by atoms with E-state index in [-0.39, 0.29) is 11.1 Å². The first-order chi connectivity index (χ1) is 6.25. The maximum absolute atomic E-state index is 11.4. The van der Waals surface area contributed by atoms with Gasteiger partial charge in [-0.1, -0.05) is 18.5 Å². The van der Waals surface area contributed by atoms with Gasteiger partial charge >= 0.3 is 0 Å². The van der Waals surface area contributed by atoms with Gasteiger partial charge in [-0.2, -0.15) is 0 Å². The molecule has 0 saturated heterocycles. The van der Waals surface area contributed by atoms with E-state index in [1.165, 1.54) is 0 Å². The molecule has 1 rings (SSSR count). The molecule has 13 heavy (non-hydrogen) atoms.